The number of ether oxygens (including phenoxy) is 2. The third-order valence-electron chi connectivity index (χ3n) is 6.03. The van der Waals surface area contributed by atoms with Crippen molar-refractivity contribution in [3.05, 3.63) is 23.8 Å². The molecule has 1 saturated carbocycles. The molecule has 174 valence electrons. The molecule has 3 rings (SSSR count). The Kier molecular flexibility index (Phi) is 10.7. The fourth-order valence-electron chi connectivity index (χ4n) is 4.44. The van der Waals surface area contributed by atoms with Crippen LogP contribution in [0.1, 0.15) is 51.0 Å². The second-order valence-electron chi connectivity index (χ2n) is 8.10. The molecular formula is C23H37IN4O3. The van der Waals surface area contributed by atoms with Gasteiger partial charge in [-0.1, -0.05) is 31.4 Å². The molecule has 1 heterocycles. The Morgan fingerprint density at radius 2 is 1.94 bits per heavy atom. The molecule has 2 aliphatic rings. The Bertz CT molecular complexity index is 738. The second kappa shape index (κ2) is 13.0. The third kappa shape index (κ3) is 6.89. The monoisotopic (exact) mass is 544 g/mol. The molecule has 1 atom stereocenters. The molecule has 7 nitrogen and oxygen atoms in total. The van der Waals surface area contributed by atoms with Crippen molar-refractivity contribution in [2.45, 2.75) is 58.0 Å². The number of hydrogen-bond acceptors (Lipinski definition) is 4. The van der Waals surface area contributed by atoms with Gasteiger partial charge in [0.05, 0.1) is 20.8 Å². The first-order valence-corrected chi connectivity index (χ1v) is 11.2. The average molecular weight is 544 g/mol. The number of guanidine groups is 1. The molecule has 2 fully saturated rings. The van der Waals surface area contributed by atoms with Gasteiger partial charge in [-0.2, -0.15) is 0 Å². The van der Waals surface area contributed by atoms with E-state index in [9.17, 15) is 4.79 Å². The summed E-state index contributed by atoms with van der Waals surface area (Å²) in [5.41, 5.74) is 0.967. The van der Waals surface area contributed by atoms with Crippen molar-refractivity contribution >= 4 is 35.8 Å². The zero-order valence-corrected chi connectivity index (χ0v) is 21.3. The molecule has 1 aromatic rings. The van der Waals surface area contributed by atoms with Gasteiger partial charge in [-0.25, -0.2) is 4.99 Å². The fourth-order valence-corrected chi connectivity index (χ4v) is 4.44. The number of para-hydroxylation sites is 1. The lowest BCUT2D eigenvalue weighted by atomic mass is 9.88. The van der Waals surface area contributed by atoms with E-state index < -0.39 is 0 Å². The quantitative estimate of drug-likeness (QED) is 0.312. The van der Waals surface area contributed by atoms with Crippen LogP contribution in [0.25, 0.3) is 0 Å². The first kappa shape index (κ1) is 25.5. The van der Waals surface area contributed by atoms with E-state index in [-0.39, 0.29) is 35.9 Å². The molecule has 1 aromatic carbocycles. The van der Waals surface area contributed by atoms with Crippen LogP contribution in [0, 0.1) is 5.92 Å². The number of rotatable bonds is 7. The maximum absolute atomic E-state index is 12.8. The van der Waals surface area contributed by atoms with Crippen molar-refractivity contribution in [2.75, 3.05) is 33.9 Å². The van der Waals surface area contributed by atoms with Gasteiger partial charge >= 0.3 is 0 Å². The molecule has 0 aromatic heterocycles. The van der Waals surface area contributed by atoms with Crippen LogP contribution in [-0.4, -0.2) is 56.7 Å². The Morgan fingerprint density at radius 1 is 1.16 bits per heavy atom. The lowest BCUT2D eigenvalue weighted by Crippen LogP contribution is -2.45. The van der Waals surface area contributed by atoms with E-state index in [1.165, 1.54) is 19.3 Å². The molecular weight excluding hydrogens is 507 g/mol. The van der Waals surface area contributed by atoms with Gasteiger partial charge in [-0.3, -0.25) is 4.79 Å². The molecule has 0 radical (unpaired) electrons. The number of carbonyl (C=O) groups excluding carboxylic acids is 1. The summed E-state index contributed by atoms with van der Waals surface area (Å²) < 4.78 is 10.9. The zero-order valence-electron chi connectivity index (χ0n) is 19.0. The smallest absolute Gasteiger partial charge is 0.225 e. The highest BCUT2D eigenvalue weighted by Gasteiger charge is 2.31. The molecule has 0 bridgehead atoms. The first-order chi connectivity index (χ1) is 14.7. The summed E-state index contributed by atoms with van der Waals surface area (Å²) in [7, 11) is 3.28. The second-order valence-corrected chi connectivity index (χ2v) is 8.10. The van der Waals surface area contributed by atoms with Crippen LogP contribution in [0.5, 0.6) is 11.5 Å². The topological polar surface area (TPSA) is 75.2 Å². The summed E-state index contributed by atoms with van der Waals surface area (Å²) in [6.45, 7) is 4.89. The molecule has 0 spiro atoms. The normalized spacial score (nSPS) is 19.5. The van der Waals surface area contributed by atoms with Gasteiger partial charge in [-0.05, 0) is 32.3 Å². The number of benzene rings is 1. The SMILES string of the molecule is CCNC(=NCc1cccc(OC)c1OC)NC1CCN(C(=O)C2CCCCC2)C1.I. The van der Waals surface area contributed by atoms with Gasteiger partial charge in [0.15, 0.2) is 17.5 Å². The van der Waals surface area contributed by atoms with E-state index >= 15 is 0 Å². The van der Waals surface area contributed by atoms with Crippen molar-refractivity contribution in [2.24, 2.45) is 10.9 Å². The summed E-state index contributed by atoms with van der Waals surface area (Å²) in [6.07, 6.45) is 6.72. The molecule has 31 heavy (non-hydrogen) atoms. The molecule has 1 aliphatic carbocycles. The highest BCUT2D eigenvalue weighted by molar-refractivity contribution is 14.0. The standard InChI is InChI=1S/C23H36N4O3.HI/c1-4-24-23(25-15-18-11-8-12-20(29-2)21(18)30-3)26-19-13-14-27(16-19)22(28)17-9-6-5-7-10-17;/h8,11-12,17,19H,4-7,9-10,13-16H2,1-3H3,(H2,24,25,26);1H. The van der Waals surface area contributed by atoms with Gasteiger partial charge in [-0.15, -0.1) is 24.0 Å². The number of carbonyl (C=O) groups is 1. The highest BCUT2D eigenvalue weighted by Crippen LogP contribution is 2.31. The van der Waals surface area contributed by atoms with Crippen LogP contribution >= 0.6 is 24.0 Å². The molecule has 8 heteroatoms. The Balaban J connectivity index is 0.00000341. The highest BCUT2D eigenvalue weighted by atomic mass is 127. The predicted octanol–water partition coefficient (Wildman–Crippen LogP) is 3.56. The lowest BCUT2D eigenvalue weighted by molar-refractivity contribution is -0.135. The van der Waals surface area contributed by atoms with Gasteiger partial charge in [0.1, 0.15) is 0 Å². The van der Waals surface area contributed by atoms with E-state index in [0.29, 0.717) is 24.0 Å². The van der Waals surface area contributed by atoms with E-state index in [2.05, 4.69) is 17.6 Å². The fraction of sp³-hybridized carbons (Fsp3) is 0.652. The van der Waals surface area contributed by atoms with Crippen molar-refractivity contribution in [3.63, 3.8) is 0 Å². The van der Waals surface area contributed by atoms with Gasteiger partial charge < -0.3 is 25.0 Å². The summed E-state index contributed by atoms with van der Waals surface area (Å²) in [6, 6.07) is 6.04. The maximum Gasteiger partial charge on any atom is 0.225 e. The van der Waals surface area contributed by atoms with Crippen LogP contribution < -0.4 is 20.1 Å². The number of aliphatic imine (C=N–C) groups is 1. The van der Waals surface area contributed by atoms with Crippen LogP contribution in [-0.2, 0) is 11.3 Å². The van der Waals surface area contributed by atoms with Crippen molar-refractivity contribution in [1.29, 1.82) is 0 Å². The largest absolute Gasteiger partial charge is 0.493 e. The predicted molar refractivity (Wildman–Crippen MR) is 134 cm³/mol. The van der Waals surface area contributed by atoms with E-state index in [1.54, 1.807) is 14.2 Å². The Labute approximate surface area is 203 Å². The Morgan fingerprint density at radius 3 is 2.61 bits per heavy atom. The summed E-state index contributed by atoms with van der Waals surface area (Å²) in [4.78, 5) is 19.6. The van der Waals surface area contributed by atoms with Crippen molar-refractivity contribution < 1.29 is 14.3 Å². The summed E-state index contributed by atoms with van der Waals surface area (Å²) in [5.74, 6) is 2.77. The maximum atomic E-state index is 12.8. The van der Waals surface area contributed by atoms with Gasteiger partial charge in [0, 0.05) is 37.2 Å². The Hall–Kier alpha value is -1.71. The average Bonchev–Trinajstić information content (AvgIpc) is 3.25. The number of methoxy groups -OCH3 is 2. The zero-order chi connectivity index (χ0) is 21.3. The first-order valence-electron chi connectivity index (χ1n) is 11.2. The van der Waals surface area contributed by atoms with E-state index in [1.807, 2.05) is 23.1 Å². The van der Waals surface area contributed by atoms with E-state index in [4.69, 9.17) is 14.5 Å². The minimum Gasteiger partial charge on any atom is -0.493 e. The molecule has 1 aliphatic heterocycles. The van der Waals surface area contributed by atoms with Crippen LogP contribution in [0.4, 0.5) is 0 Å². The van der Waals surface area contributed by atoms with E-state index in [0.717, 1.165) is 50.4 Å². The van der Waals surface area contributed by atoms with Gasteiger partial charge in [0.25, 0.3) is 0 Å². The number of amides is 1. The van der Waals surface area contributed by atoms with Crippen LogP contribution in [0.2, 0.25) is 0 Å². The number of hydrogen-bond donors (Lipinski definition) is 2. The van der Waals surface area contributed by atoms with Crippen LogP contribution in [0.15, 0.2) is 23.2 Å². The number of nitrogens with zero attached hydrogens (tertiary/aromatic N) is 2. The minimum absolute atomic E-state index is 0. The van der Waals surface area contributed by atoms with Crippen molar-refractivity contribution in [3.8, 4) is 11.5 Å². The van der Waals surface area contributed by atoms with Crippen LogP contribution in [0.3, 0.4) is 0 Å². The molecule has 1 amide bonds. The number of likely N-dealkylation sites (tertiary alicyclic amines) is 1. The minimum atomic E-state index is 0. The summed E-state index contributed by atoms with van der Waals surface area (Å²) in [5, 5.41) is 6.83. The van der Waals surface area contributed by atoms with Crippen molar-refractivity contribution in [1.82, 2.24) is 15.5 Å². The number of halogens is 1. The summed E-state index contributed by atoms with van der Waals surface area (Å²) >= 11 is 0. The van der Waals surface area contributed by atoms with Gasteiger partial charge in [0.2, 0.25) is 5.91 Å². The molecule has 1 unspecified atom stereocenters. The number of nitrogens with one attached hydrogen (secondary N) is 2. The molecule has 2 N–H and O–H groups in total. The lowest BCUT2D eigenvalue weighted by Gasteiger charge is -2.26. The third-order valence-corrected chi connectivity index (χ3v) is 6.03. The molecule has 1 saturated heterocycles.